The quantitative estimate of drug-likeness (QED) is 0.648. The number of amides is 1. The minimum absolute atomic E-state index is 0.136. The molecule has 0 fully saturated rings. The van der Waals surface area contributed by atoms with Crippen LogP contribution in [0.2, 0.25) is 0 Å². The lowest BCUT2D eigenvalue weighted by Gasteiger charge is -2.09. The van der Waals surface area contributed by atoms with Crippen LogP contribution >= 0.6 is 0 Å². The number of carboxylic acids is 1. The predicted molar refractivity (Wildman–Crippen MR) is 78.1 cm³/mol. The van der Waals surface area contributed by atoms with Gasteiger partial charge in [0.25, 0.3) is 5.91 Å². The molecule has 0 aliphatic carbocycles. The zero-order chi connectivity index (χ0) is 14.5. The highest BCUT2D eigenvalue weighted by atomic mass is 16.4. The van der Waals surface area contributed by atoms with Crippen LogP contribution in [0.3, 0.4) is 0 Å². The molecule has 2 rings (SSSR count). The largest absolute Gasteiger partial charge is 0.478 e. The van der Waals surface area contributed by atoms with Crippen LogP contribution in [0.5, 0.6) is 0 Å². The second-order valence-electron chi connectivity index (χ2n) is 4.35. The van der Waals surface area contributed by atoms with Crippen molar-refractivity contribution < 1.29 is 14.7 Å². The van der Waals surface area contributed by atoms with E-state index in [1.54, 1.807) is 36.4 Å². The zero-order valence-electron chi connectivity index (χ0n) is 10.9. The van der Waals surface area contributed by atoms with Gasteiger partial charge in [-0.15, -0.1) is 6.58 Å². The minimum atomic E-state index is -1.04. The predicted octanol–water partition coefficient (Wildman–Crippen LogP) is 2.84. The second kappa shape index (κ2) is 6.02. The van der Waals surface area contributed by atoms with E-state index in [4.69, 9.17) is 0 Å². The third kappa shape index (κ3) is 2.69. The molecule has 4 heteroatoms. The molecule has 0 bridgehead atoms. The smallest absolute Gasteiger partial charge is 0.336 e. The van der Waals surface area contributed by atoms with Crippen molar-refractivity contribution >= 4 is 22.6 Å². The van der Waals surface area contributed by atoms with Gasteiger partial charge in [0.05, 0.1) is 5.56 Å². The summed E-state index contributed by atoms with van der Waals surface area (Å²) in [6, 6.07) is 10.1. The van der Waals surface area contributed by atoms with Crippen molar-refractivity contribution in [3.8, 4) is 0 Å². The highest BCUT2D eigenvalue weighted by Crippen LogP contribution is 2.23. The number of rotatable bonds is 5. The summed E-state index contributed by atoms with van der Waals surface area (Å²) in [5.74, 6) is -1.31. The molecule has 0 saturated carbocycles. The van der Waals surface area contributed by atoms with Gasteiger partial charge < -0.3 is 10.4 Å². The van der Waals surface area contributed by atoms with E-state index in [0.717, 1.165) is 5.39 Å². The first-order valence-electron chi connectivity index (χ1n) is 6.29. The Bertz CT molecular complexity index is 671. The summed E-state index contributed by atoms with van der Waals surface area (Å²) >= 11 is 0. The maximum absolute atomic E-state index is 12.2. The average molecular weight is 269 g/mol. The van der Waals surface area contributed by atoms with Crippen molar-refractivity contribution in [2.24, 2.45) is 0 Å². The first-order chi connectivity index (χ1) is 9.65. The summed E-state index contributed by atoms with van der Waals surface area (Å²) in [5, 5.41) is 13.2. The average Bonchev–Trinajstić information content (AvgIpc) is 2.46. The molecule has 0 aromatic heterocycles. The SMILES string of the molecule is C=CCCNC(=O)c1cccc2cccc(C(=O)O)c12. The normalized spacial score (nSPS) is 10.2. The van der Waals surface area contributed by atoms with Crippen LogP contribution in [0.25, 0.3) is 10.8 Å². The van der Waals surface area contributed by atoms with Gasteiger partial charge in [-0.25, -0.2) is 4.79 Å². The molecule has 0 spiro atoms. The van der Waals surface area contributed by atoms with E-state index in [0.29, 0.717) is 23.9 Å². The molecule has 0 aliphatic rings. The van der Waals surface area contributed by atoms with Crippen molar-refractivity contribution in [3.63, 3.8) is 0 Å². The van der Waals surface area contributed by atoms with Gasteiger partial charge in [-0.2, -0.15) is 0 Å². The van der Waals surface area contributed by atoms with E-state index >= 15 is 0 Å². The number of nitrogens with one attached hydrogen (secondary N) is 1. The molecule has 2 aromatic rings. The standard InChI is InChI=1S/C16H15NO3/c1-2-3-10-17-15(18)12-8-4-6-11-7-5-9-13(14(11)12)16(19)20/h2,4-9H,1,3,10H2,(H,17,18)(H,19,20). The highest BCUT2D eigenvalue weighted by molar-refractivity contribution is 6.14. The first kappa shape index (κ1) is 13.8. The van der Waals surface area contributed by atoms with E-state index < -0.39 is 5.97 Å². The Hall–Kier alpha value is -2.62. The first-order valence-corrected chi connectivity index (χ1v) is 6.29. The summed E-state index contributed by atoms with van der Waals surface area (Å²) in [5.41, 5.74) is 0.515. The van der Waals surface area contributed by atoms with E-state index in [9.17, 15) is 14.7 Å². The maximum Gasteiger partial charge on any atom is 0.336 e. The van der Waals surface area contributed by atoms with Crippen LogP contribution in [0.4, 0.5) is 0 Å². The van der Waals surface area contributed by atoms with Crippen molar-refractivity contribution in [2.75, 3.05) is 6.54 Å². The molecular weight excluding hydrogens is 254 g/mol. The maximum atomic E-state index is 12.2. The fourth-order valence-electron chi connectivity index (χ4n) is 2.09. The number of benzene rings is 2. The zero-order valence-corrected chi connectivity index (χ0v) is 10.9. The Kier molecular flexibility index (Phi) is 4.15. The summed E-state index contributed by atoms with van der Waals surface area (Å²) in [6.45, 7) is 4.07. The van der Waals surface area contributed by atoms with Gasteiger partial charge in [0.1, 0.15) is 0 Å². The van der Waals surface area contributed by atoms with Crippen molar-refractivity contribution in [1.82, 2.24) is 5.32 Å². The monoisotopic (exact) mass is 269 g/mol. The number of aromatic carboxylic acids is 1. The molecule has 4 nitrogen and oxygen atoms in total. The molecule has 0 heterocycles. The van der Waals surface area contributed by atoms with Crippen LogP contribution in [0, 0.1) is 0 Å². The minimum Gasteiger partial charge on any atom is -0.478 e. The third-order valence-electron chi connectivity index (χ3n) is 3.01. The van der Waals surface area contributed by atoms with Gasteiger partial charge in [0.15, 0.2) is 0 Å². The van der Waals surface area contributed by atoms with Crippen LogP contribution in [-0.4, -0.2) is 23.5 Å². The van der Waals surface area contributed by atoms with E-state index in [-0.39, 0.29) is 11.5 Å². The van der Waals surface area contributed by atoms with Gasteiger partial charge >= 0.3 is 5.97 Å². The molecule has 102 valence electrons. The number of carbonyl (C=O) groups is 2. The Balaban J connectivity index is 2.50. The number of carboxylic acid groups (broad SMARTS) is 1. The second-order valence-corrected chi connectivity index (χ2v) is 4.35. The summed E-state index contributed by atoms with van der Waals surface area (Å²) in [6.07, 6.45) is 2.38. The van der Waals surface area contributed by atoms with E-state index in [2.05, 4.69) is 11.9 Å². The summed E-state index contributed by atoms with van der Waals surface area (Å²) in [4.78, 5) is 23.5. The lowest BCUT2D eigenvalue weighted by Crippen LogP contribution is -2.24. The van der Waals surface area contributed by atoms with Crippen LogP contribution in [0.15, 0.2) is 49.1 Å². The van der Waals surface area contributed by atoms with Gasteiger partial charge in [-0.1, -0.05) is 30.3 Å². The molecule has 0 radical (unpaired) electrons. The van der Waals surface area contributed by atoms with Crippen LogP contribution < -0.4 is 5.32 Å². The van der Waals surface area contributed by atoms with Crippen LogP contribution in [-0.2, 0) is 0 Å². The fraction of sp³-hybridized carbons (Fsp3) is 0.125. The highest BCUT2D eigenvalue weighted by Gasteiger charge is 2.15. The van der Waals surface area contributed by atoms with E-state index in [1.165, 1.54) is 6.07 Å². The molecule has 20 heavy (non-hydrogen) atoms. The molecule has 0 aliphatic heterocycles. The van der Waals surface area contributed by atoms with Crippen molar-refractivity contribution in [1.29, 1.82) is 0 Å². The molecule has 1 amide bonds. The van der Waals surface area contributed by atoms with Crippen molar-refractivity contribution in [2.45, 2.75) is 6.42 Å². The number of hydrogen-bond acceptors (Lipinski definition) is 2. The molecule has 0 unspecified atom stereocenters. The van der Waals surface area contributed by atoms with E-state index in [1.807, 2.05) is 0 Å². The summed E-state index contributed by atoms with van der Waals surface area (Å²) < 4.78 is 0. The molecular formula is C16H15NO3. The molecule has 2 aromatic carbocycles. The molecule has 0 atom stereocenters. The van der Waals surface area contributed by atoms with Gasteiger partial charge in [0, 0.05) is 17.5 Å². The van der Waals surface area contributed by atoms with Gasteiger partial charge in [-0.3, -0.25) is 4.79 Å². The van der Waals surface area contributed by atoms with Gasteiger partial charge in [0.2, 0.25) is 0 Å². The lowest BCUT2D eigenvalue weighted by molar-refractivity contribution is 0.0699. The van der Waals surface area contributed by atoms with Crippen LogP contribution in [0.1, 0.15) is 27.1 Å². The molecule has 2 N–H and O–H groups in total. The van der Waals surface area contributed by atoms with Gasteiger partial charge in [-0.05, 0) is 23.9 Å². The van der Waals surface area contributed by atoms with Crippen molar-refractivity contribution in [3.05, 3.63) is 60.2 Å². The number of carbonyl (C=O) groups excluding carboxylic acids is 1. The lowest BCUT2D eigenvalue weighted by atomic mass is 9.98. The number of hydrogen-bond donors (Lipinski definition) is 2. The third-order valence-corrected chi connectivity index (χ3v) is 3.01. The Morgan fingerprint density at radius 3 is 2.40 bits per heavy atom. The fourth-order valence-corrected chi connectivity index (χ4v) is 2.09. The Labute approximate surface area is 116 Å². The topological polar surface area (TPSA) is 66.4 Å². The summed E-state index contributed by atoms with van der Waals surface area (Å²) in [7, 11) is 0. The Morgan fingerprint density at radius 2 is 1.80 bits per heavy atom. The number of fused-ring (bicyclic) bond motifs is 1. The molecule has 0 saturated heterocycles. The Morgan fingerprint density at radius 1 is 1.15 bits per heavy atom.